The highest BCUT2D eigenvalue weighted by molar-refractivity contribution is 7.26. The lowest BCUT2D eigenvalue weighted by atomic mass is 9.90. The molecule has 10 rings (SSSR count). The Morgan fingerprint density at radius 2 is 0.902 bits per heavy atom. The van der Waals surface area contributed by atoms with E-state index in [0.717, 1.165) is 27.8 Å². The van der Waals surface area contributed by atoms with Gasteiger partial charge in [-0.25, -0.2) is 15.0 Å². The summed E-state index contributed by atoms with van der Waals surface area (Å²) in [6.45, 7) is 4.41. The highest BCUT2D eigenvalue weighted by Crippen LogP contribution is 2.45. The maximum atomic E-state index is 5.13. The predicted octanol–water partition coefficient (Wildman–Crippen LogP) is 12.4. The lowest BCUT2D eigenvalue weighted by molar-refractivity contribution is 1.07. The van der Waals surface area contributed by atoms with Crippen LogP contribution in [0.4, 0.5) is 0 Å². The molecule has 0 amide bonds. The van der Waals surface area contributed by atoms with Gasteiger partial charge in [-0.1, -0.05) is 109 Å². The molecular weight excluding hydrogens is 641 g/mol. The van der Waals surface area contributed by atoms with Gasteiger partial charge in [0.2, 0.25) is 0 Å². The summed E-state index contributed by atoms with van der Waals surface area (Å²) >= 11 is 1.89. The number of benzene rings is 7. The summed E-state index contributed by atoms with van der Waals surface area (Å²) in [6.07, 6.45) is 3.63. The minimum atomic E-state index is 0.641. The number of aromatic nitrogens is 4. The lowest BCUT2D eigenvalue weighted by Crippen LogP contribution is -2.00. The van der Waals surface area contributed by atoms with E-state index in [1.54, 1.807) is 0 Å². The van der Waals surface area contributed by atoms with Crippen LogP contribution >= 0.6 is 11.3 Å². The van der Waals surface area contributed by atoms with E-state index in [1.165, 1.54) is 63.6 Å². The Hall–Kier alpha value is -6.30. The number of rotatable bonds is 4. The lowest BCUT2D eigenvalue weighted by Gasteiger charge is -2.15. The standard InChI is InChI=1S/C46H30N4S/c1-27-24-38-36-18-19-37-34-10-6-7-11-41(34)51-43(37)42(36)35-17-16-33(26-40(35)39(38)25-28(27)2)46-49-44(31-8-4-3-5-9-31)48-45(50-46)32-14-12-29(13-15-32)30-20-22-47-23-21-30/h3-26H,1-2H3. The molecule has 0 fully saturated rings. The second-order valence-corrected chi connectivity index (χ2v) is 14.2. The number of aryl methyl sites for hydroxylation is 2. The van der Waals surface area contributed by atoms with Crippen LogP contribution in [0.3, 0.4) is 0 Å². The van der Waals surface area contributed by atoms with Crippen molar-refractivity contribution in [2.24, 2.45) is 0 Å². The topological polar surface area (TPSA) is 51.6 Å². The summed E-state index contributed by atoms with van der Waals surface area (Å²) in [5.41, 5.74) is 7.65. The molecule has 240 valence electrons. The van der Waals surface area contributed by atoms with E-state index >= 15 is 0 Å². The average molecular weight is 671 g/mol. The number of hydrogen-bond acceptors (Lipinski definition) is 5. The number of pyridine rings is 1. The van der Waals surface area contributed by atoms with E-state index in [4.69, 9.17) is 15.0 Å². The number of hydrogen-bond donors (Lipinski definition) is 0. The third kappa shape index (κ3) is 4.89. The van der Waals surface area contributed by atoms with E-state index in [0.29, 0.717) is 17.5 Å². The van der Waals surface area contributed by atoms with Crippen molar-refractivity contribution in [2.75, 3.05) is 0 Å². The molecule has 3 aromatic heterocycles. The average Bonchev–Trinajstić information content (AvgIpc) is 3.58. The quantitative estimate of drug-likeness (QED) is 0.175. The van der Waals surface area contributed by atoms with E-state index < -0.39 is 0 Å². The molecule has 10 aromatic rings. The first-order valence-corrected chi connectivity index (χ1v) is 17.9. The van der Waals surface area contributed by atoms with Gasteiger partial charge in [0.05, 0.1) is 0 Å². The minimum Gasteiger partial charge on any atom is -0.265 e. The van der Waals surface area contributed by atoms with Gasteiger partial charge >= 0.3 is 0 Å². The van der Waals surface area contributed by atoms with E-state index in [-0.39, 0.29) is 0 Å². The smallest absolute Gasteiger partial charge is 0.164 e. The summed E-state index contributed by atoms with van der Waals surface area (Å²) < 4.78 is 2.64. The Balaban J connectivity index is 1.22. The molecule has 0 spiro atoms. The van der Waals surface area contributed by atoms with Crippen LogP contribution in [-0.2, 0) is 0 Å². The molecule has 0 N–H and O–H groups in total. The zero-order valence-electron chi connectivity index (χ0n) is 28.1. The van der Waals surface area contributed by atoms with Crippen molar-refractivity contribution in [3.05, 3.63) is 157 Å². The van der Waals surface area contributed by atoms with Gasteiger partial charge in [0, 0.05) is 54.6 Å². The molecule has 0 unspecified atom stereocenters. The first kappa shape index (κ1) is 29.6. The highest BCUT2D eigenvalue weighted by atomic mass is 32.1. The third-order valence-electron chi connectivity index (χ3n) is 10.1. The van der Waals surface area contributed by atoms with Crippen molar-refractivity contribution >= 4 is 63.8 Å². The Kier molecular flexibility index (Phi) is 6.76. The monoisotopic (exact) mass is 670 g/mol. The molecule has 0 aliphatic rings. The molecule has 51 heavy (non-hydrogen) atoms. The molecule has 0 atom stereocenters. The van der Waals surface area contributed by atoms with Crippen LogP contribution in [-0.4, -0.2) is 19.9 Å². The fourth-order valence-electron chi connectivity index (χ4n) is 7.37. The zero-order chi connectivity index (χ0) is 34.1. The first-order valence-electron chi connectivity index (χ1n) is 17.1. The van der Waals surface area contributed by atoms with Crippen LogP contribution in [0.25, 0.3) is 97.8 Å². The van der Waals surface area contributed by atoms with Crippen LogP contribution in [0, 0.1) is 13.8 Å². The molecule has 0 aliphatic carbocycles. The fraction of sp³-hybridized carbons (Fsp3) is 0.0435. The van der Waals surface area contributed by atoms with Crippen LogP contribution < -0.4 is 0 Å². The first-order chi connectivity index (χ1) is 25.1. The summed E-state index contributed by atoms with van der Waals surface area (Å²) in [5.74, 6) is 1.94. The van der Waals surface area contributed by atoms with Gasteiger partial charge in [-0.15, -0.1) is 11.3 Å². The predicted molar refractivity (Wildman–Crippen MR) is 214 cm³/mol. The third-order valence-corrected chi connectivity index (χ3v) is 11.3. The van der Waals surface area contributed by atoms with Crippen LogP contribution in [0.5, 0.6) is 0 Å². The maximum Gasteiger partial charge on any atom is 0.164 e. The van der Waals surface area contributed by atoms with Crippen molar-refractivity contribution in [1.29, 1.82) is 0 Å². The van der Waals surface area contributed by atoms with E-state index in [1.807, 2.05) is 54.1 Å². The van der Waals surface area contributed by atoms with Crippen molar-refractivity contribution in [3.63, 3.8) is 0 Å². The second kappa shape index (κ2) is 11.7. The van der Waals surface area contributed by atoms with Crippen LogP contribution in [0.2, 0.25) is 0 Å². The molecule has 3 heterocycles. The van der Waals surface area contributed by atoms with Gasteiger partial charge in [-0.05, 0) is 87.3 Å². The Morgan fingerprint density at radius 1 is 0.392 bits per heavy atom. The number of nitrogens with zero attached hydrogens (tertiary/aromatic N) is 4. The zero-order valence-corrected chi connectivity index (χ0v) is 28.9. The Labute approximate surface area is 298 Å². The highest BCUT2D eigenvalue weighted by Gasteiger charge is 2.18. The molecular formula is C46H30N4S. The number of thiophene rings is 1. The second-order valence-electron chi connectivity index (χ2n) is 13.2. The summed E-state index contributed by atoms with van der Waals surface area (Å²) in [5, 5.41) is 10.2. The largest absolute Gasteiger partial charge is 0.265 e. The van der Waals surface area contributed by atoms with Gasteiger partial charge < -0.3 is 0 Å². The number of fused-ring (bicyclic) bond motifs is 10. The Morgan fingerprint density at radius 3 is 1.63 bits per heavy atom. The van der Waals surface area contributed by atoms with Crippen molar-refractivity contribution in [3.8, 4) is 45.3 Å². The molecule has 0 aliphatic heterocycles. The molecule has 0 saturated heterocycles. The molecule has 0 radical (unpaired) electrons. The molecule has 0 saturated carbocycles. The van der Waals surface area contributed by atoms with Crippen LogP contribution in [0.15, 0.2) is 146 Å². The Bertz CT molecular complexity index is 2970. The minimum absolute atomic E-state index is 0.641. The molecule has 4 nitrogen and oxygen atoms in total. The fourth-order valence-corrected chi connectivity index (χ4v) is 8.64. The molecule has 7 aromatic carbocycles. The van der Waals surface area contributed by atoms with E-state index in [2.05, 4.69) is 122 Å². The normalized spacial score (nSPS) is 11.7. The molecule has 0 bridgehead atoms. The summed E-state index contributed by atoms with van der Waals surface area (Å²) in [4.78, 5) is 19.4. The van der Waals surface area contributed by atoms with Crippen molar-refractivity contribution in [2.45, 2.75) is 13.8 Å². The van der Waals surface area contributed by atoms with E-state index in [9.17, 15) is 0 Å². The SMILES string of the molecule is Cc1cc2c3cc(-c4nc(-c5ccccc5)nc(-c5ccc(-c6ccncc6)cc5)n4)ccc3c3c(ccc4c5ccccc5sc43)c2cc1C. The van der Waals surface area contributed by atoms with Gasteiger partial charge in [-0.3, -0.25) is 4.98 Å². The summed E-state index contributed by atoms with van der Waals surface area (Å²) in [6, 6.07) is 47.4. The maximum absolute atomic E-state index is 5.13. The molecule has 5 heteroatoms. The van der Waals surface area contributed by atoms with Gasteiger partial charge in [0.1, 0.15) is 0 Å². The van der Waals surface area contributed by atoms with Gasteiger partial charge in [0.25, 0.3) is 0 Å². The van der Waals surface area contributed by atoms with Gasteiger partial charge in [0.15, 0.2) is 17.5 Å². The van der Waals surface area contributed by atoms with Crippen LogP contribution in [0.1, 0.15) is 11.1 Å². The van der Waals surface area contributed by atoms with Crippen molar-refractivity contribution < 1.29 is 0 Å². The van der Waals surface area contributed by atoms with Gasteiger partial charge in [-0.2, -0.15) is 0 Å². The summed E-state index contributed by atoms with van der Waals surface area (Å²) in [7, 11) is 0. The van der Waals surface area contributed by atoms with Crippen molar-refractivity contribution in [1.82, 2.24) is 19.9 Å².